The van der Waals surface area contributed by atoms with Crippen LogP contribution in [0.3, 0.4) is 0 Å². The third-order valence-corrected chi connectivity index (χ3v) is 16.3. The van der Waals surface area contributed by atoms with E-state index in [2.05, 4.69) is 62.5 Å². The zero-order chi connectivity index (χ0) is 57.9. The Morgan fingerprint density at radius 1 is 0.456 bits per heavy atom. The van der Waals surface area contributed by atoms with Crippen molar-refractivity contribution in [1.29, 1.82) is 0 Å². The number of carbonyl (C=O) groups excluding carboxylic acids is 2. The molecular weight excluding hydrogens is 1000 g/mol. The second-order valence-electron chi connectivity index (χ2n) is 24.4. The number of carbonyl (C=O) groups is 2. The van der Waals surface area contributed by atoms with Crippen LogP contribution in [0.25, 0.3) is 0 Å². The quantitative estimate of drug-likeness (QED) is 0.0156. The van der Waals surface area contributed by atoms with Gasteiger partial charge in [0.15, 0.2) is 0 Å². The highest BCUT2D eigenvalue weighted by Crippen LogP contribution is 2.43. The first kappa shape index (κ1) is 77.0. The fourth-order valence-corrected chi connectivity index (χ4v) is 10.9. The molecule has 0 aliphatic rings. The minimum Gasteiger partial charge on any atom is -0.456 e. The van der Waals surface area contributed by atoms with Crippen molar-refractivity contribution in [1.82, 2.24) is 5.32 Å². The monoisotopic (exact) mass is 1130 g/mol. The number of esters is 1. The Balaban J connectivity index is 5.07. The third kappa shape index (κ3) is 60.4. The molecule has 0 fully saturated rings. The van der Waals surface area contributed by atoms with Crippen LogP contribution in [0, 0.1) is 0 Å². The number of unbranched alkanes of at least 4 members (excludes halogenated alkanes) is 42. The first-order chi connectivity index (χ1) is 38.4. The van der Waals surface area contributed by atoms with E-state index in [0.717, 1.165) is 77.0 Å². The Morgan fingerprint density at radius 2 is 0.810 bits per heavy atom. The maximum atomic E-state index is 13.6. The van der Waals surface area contributed by atoms with Gasteiger partial charge in [-0.2, -0.15) is 0 Å². The van der Waals surface area contributed by atoms with Gasteiger partial charge < -0.3 is 19.4 Å². The van der Waals surface area contributed by atoms with Crippen LogP contribution in [-0.2, 0) is 27.9 Å². The number of nitrogens with zero attached hydrogens (tertiary/aromatic N) is 1. The molecule has 0 rings (SSSR count). The van der Waals surface area contributed by atoms with E-state index < -0.39 is 20.0 Å². The van der Waals surface area contributed by atoms with Gasteiger partial charge in [0.2, 0.25) is 5.91 Å². The molecule has 0 aliphatic heterocycles. The number of hydrogen-bond acceptors (Lipinski definition) is 6. The number of ether oxygens (including phenoxy) is 1. The number of phosphoric ester groups is 1. The summed E-state index contributed by atoms with van der Waals surface area (Å²) in [6.07, 6.45) is 74.1. The molecule has 79 heavy (non-hydrogen) atoms. The summed E-state index contributed by atoms with van der Waals surface area (Å²) in [7, 11) is 1.50. The van der Waals surface area contributed by atoms with E-state index in [-0.39, 0.29) is 25.1 Å². The van der Waals surface area contributed by atoms with Crippen LogP contribution in [0.1, 0.15) is 329 Å². The van der Waals surface area contributed by atoms with E-state index in [0.29, 0.717) is 23.9 Å². The summed E-state index contributed by atoms with van der Waals surface area (Å²) >= 11 is 0. The van der Waals surface area contributed by atoms with Crippen molar-refractivity contribution < 1.29 is 37.3 Å². The molecule has 0 saturated carbocycles. The highest BCUT2D eigenvalue weighted by molar-refractivity contribution is 7.47. The minimum absolute atomic E-state index is 0.0387. The lowest BCUT2D eigenvalue weighted by atomic mass is 10.0. The molecule has 0 heterocycles. The first-order valence-corrected chi connectivity index (χ1v) is 35.5. The Labute approximate surface area is 490 Å². The molecule has 3 atom stereocenters. The number of amides is 1. The van der Waals surface area contributed by atoms with Gasteiger partial charge in [-0.1, -0.05) is 314 Å². The molecule has 9 nitrogen and oxygen atoms in total. The topological polar surface area (TPSA) is 111 Å². The number of rotatable bonds is 62. The van der Waals surface area contributed by atoms with Crippen molar-refractivity contribution in [2.24, 2.45) is 0 Å². The van der Waals surface area contributed by atoms with Crippen molar-refractivity contribution in [3.8, 4) is 0 Å². The van der Waals surface area contributed by atoms with Gasteiger partial charge in [-0.3, -0.25) is 18.6 Å². The van der Waals surface area contributed by atoms with Gasteiger partial charge in [-0.25, -0.2) is 4.57 Å². The molecule has 2 N–H and O–H groups in total. The summed E-state index contributed by atoms with van der Waals surface area (Å²) in [4.78, 5) is 37.8. The molecule has 0 radical (unpaired) electrons. The van der Waals surface area contributed by atoms with Crippen LogP contribution >= 0.6 is 7.82 Å². The van der Waals surface area contributed by atoms with Crippen LogP contribution in [0.15, 0.2) is 48.6 Å². The lowest BCUT2D eigenvalue weighted by Gasteiger charge is -2.27. The molecular formula is C69H132N2O7P+. The van der Waals surface area contributed by atoms with Gasteiger partial charge >= 0.3 is 13.8 Å². The van der Waals surface area contributed by atoms with Gasteiger partial charge in [-0.05, 0) is 51.0 Å². The molecule has 0 bridgehead atoms. The molecule has 1 amide bonds. The van der Waals surface area contributed by atoms with Crippen molar-refractivity contribution in [2.75, 3.05) is 40.9 Å². The zero-order valence-electron chi connectivity index (χ0n) is 53.1. The van der Waals surface area contributed by atoms with Gasteiger partial charge in [0.1, 0.15) is 19.3 Å². The number of allylic oxidation sites excluding steroid dienone is 7. The molecule has 0 spiro atoms. The van der Waals surface area contributed by atoms with Crippen LogP contribution in [0.5, 0.6) is 0 Å². The predicted molar refractivity (Wildman–Crippen MR) is 342 cm³/mol. The van der Waals surface area contributed by atoms with Gasteiger partial charge in [0.05, 0.1) is 33.8 Å². The highest BCUT2D eigenvalue weighted by atomic mass is 31.2. The molecule has 3 unspecified atom stereocenters. The number of phosphoric acid groups is 1. The largest absolute Gasteiger partial charge is 0.472 e. The van der Waals surface area contributed by atoms with Crippen molar-refractivity contribution in [2.45, 2.75) is 341 Å². The average Bonchev–Trinajstić information content (AvgIpc) is 3.41. The van der Waals surface area contributed by atoms with E-state index in [9.17, 15) is 19.0 Å². The number of hydrogen-bond donors (Lipinski definition) is 2. The molecule has 0 saturated heterocycles. The summed E-state index contributed by atoms with van der Waals surface area (Å²) in [6, 6.07) is -0.853. The summed E-state index contributed by atoms with van der Waals surface area (Å²) in [5.74, 6) is -0.505. The number of quaternary nitrogens is 1. The zero-order valence-corrected chi connectivity index (χ0v) is 54.0. The van der Waals surface area contributed by atoms with E-state index in [1.165, 1.54) is 218 Å². The Kier molecular flexibility index (Phi) is 57.6. The maximum Gasteiger partial charge on any atom is 0.472 e. The Hall–Kier alpha value is -2.03. The van der Waals surface area contributed by atoms with Crippen LogP contribution < -0.4 is 5.32 Å². The average molecular weight is 1130 g/mol. The summed E-state index contributed by atoms with van der Waals surface area (Å²) in [5, 5.41) is 3.06. The molecule has 0 aromatic heterocycles. The second-order valence-corrected chi connectivity index (χ2v) is 25.8. The lowest BCUT2D eigenvalue weighted by Crippen LogP contribution is -2.47. The fraction of sp³-hybridized carbons (Fsp3) is 0.855. The normalized spacial score (nSPS) is 13.9. The smallest absolute Gasteiger partial charge is 0.456 e. The van der Waals surface area contributed by atoms with Crippen molar-refractivity contribution in [3.63, 3.8) is 0 Å². The number of likely N-dealkylation sites (N-methyl/N-ethyl adjacent to an activating group) is 1. The molecule has 0 aromatic rings. The third-order valence-electron chi connectivity index (χ3n) is 15.3. The van der Waals surface area contributed by atoms with Crippen LogP contribution in [0.4, 0.5) is 0 Å². The van der Waals surface area contributed by atoms with E-state index in [1.54, 1.807) is 0 Å². The van der Waals surface area contributed by atoms with E-state index in [1.807, 2.05) is 33.3 Å². The van der Waals surface area contributed by atoms with Gasteiger partial charge in [0, 0.05) is 12.8 Å². The Morgan fingerprint density at radius 3 is 1.20 bits per heavy atom. The second kappa shape index (κ2) is 59.1. The van der Waals surface area contributed by atoms with Gasteiger partial charge in [-0.15, -0.1) is 0 Å². The Bertz CT molecular complexity index is 1490. The standard InChI is InChI=1S/C69H131N2O7P/c1-7-10-13-16-19-22-25-28-30-31-32-33-34-35-36-37-38-39-41-44-47-50-53-56-59-62-69(73)78-67(60-57-54-51-48-45-42-27-24-21-18-15-12-9-3)66(65-77-79(74,75)76-64-63-71(4,5)6)70-68(72)61-58-55-52-49-46-43-40-29-26-23-20-17-14-11-8-2/h11,14,17,20,23,26,57,60,66-67H,7-10,12-13,15-16,18-19,21-22,24-25,27-56,58-59,61-65H2,1-6H3,(H-,70,72,74,75)/p+1/b14-11+,20-17+,26-23+,60-57-. The van der Waals surface area contributed by atoms with E-state index >= 15 is 0 Å². The minimum atomic E-state index is -4.45. The van der Waals surface area contributed by atoms with E-state index in [4.69, 9.17) is 13.8 Å². The van der Waals surface area contributed by atoms with Crippen LogP contribution in [-0.4, -0.2) is 74.3 Å². The van der Waals surface area contributed by atoms with Crippen molar-refractivity contribution >= 4 is 19.7 Å². The fourth-order valence-electron chi connectivity index (χ4n) is 10.1. The molecule has 10 heteroatoms. The maximum absolute atomic E-state index is 13.6. The lowest BCUT2D eigenvalue weighted by molar-refractivity contribution is -0.870. The summed E-state index contributed by atoms with van der Waals surface area (Å²) in [6.45, 7) is 6.92. The van der Waals surface area contributed by atoms with Crippen LogP contribution in [0.2, 0.25) is 0 Å². The summed E-state index contributed by atoms with van der Waals surface area (Å²) < 4.78 is 30.8. The van der Waals surface area contributed by atoms with Crippen molar-refractivity contribution in [3.05, 3.63) is 48.6 Å². The first-order valence-electron chi connectivity index (χ1n) is 34.0. The predicted octanol–water partition coefficient (Wildman–Crippen LogP) is 21.2. The van der Waals surface area contributed by atoms with Gasteiger partial charge in [0.25, 0.3) is 0 Å². The molecule has 464 valence electrons. The number of nitrogens with one attached hydrogen (secondary N) is 1. The SMILES string of the molecule is CC/C=C/C=C/C=C/CCCCCCCCCC(=O)NC(COP(=O)(O)OCC[N+](C)(C)C)C(/C=C\CCCCCCCCCCCCC)OC(=O)CCCCCCCCCCCCCCCCCCCCCCCCCCC. The molecule has 0 aliphatic carbocycles. The summed E-state index contributed by atoms with van der Waals surface area (Å²) in [5.41, 5.74) is 0. The molecule has 0 aromatic carbocycles. The highest BCUT2D eigenvalue weighted by Gasteiger charge is 2.30.